The molecule has 4 N–H and O–H groups in total. The number of hydrazone groups is 1. The molecule has 0 spiro atoms. The molecule has 2 aliphatic rings. The molecule has 1 unspecified atom stereocenters. The normalized spacial score (nSPS) is 24.4. The number of urea groups is 1. The number of nitrogens with two attached hydrogens (primary N) is 2. The summed E-state index contributed by atoms with van der Waals surface area (Å²) in [4.78, 5) is 11.6. The van der Waals surface area contributed by atoms with Gasteiger partial charge in [0.05, 0.1) is 22.7 Å². The van der Waals surface area contributed by atoms with Gasteiger partial charge in [-0.25, -0.2) is 9.80 Å². The summed E-state index contributed by atoms with van der Waals surface area (Å²) in [6.45, 7) is 0.335. The molecule has 6 heteroatoms. The smallest absolute Gasteiger partial charge is 0.335 e. The van der Waals surface area contributed by atoms with Crippen LogP contribution in [-0.2, 0) is 6.42 Å². The van der Waals surface area contributed by atoms with Crippen LogP contribution in [0, 0.1) is 5.41 Å². The highest BCUT2D eigenvalue weighted by Crippen LogP contribution is 2.42. The van der Waals surface area contributed by atoms with Gasteiger partial charge in [0.25, 0.3) is 0 Å². The van der Waals surface area contributed by atoms with Crippen molar-refractivity contribution in [3.05, 3.63) is 35.4 Å². The van der Waals surface area contributed by atoms with Gasteiger partial charge >= 0.3 is 6.03 Å². The van der Waals surface area contributed by atoms with E-state index in [1.54, 1.807) is 0 Å². The van der Waals surface area contributed by atoms with E-state index in [1.807, 2.05) is 24.3 Å². The summed E-state index contributed by atoms with van der Waals surface area (Å²) in [6, 6.07) is 7.33. The van der Waals surface area contributed by atoms with E-state index in [2.05, 4.69) is 5.10 Å². The molecule has 1 aliphatic carbocycles. The largest absolute Gasteiger partial charge is 0.392 e. The molecule has 0 bridgehead atoms. The van der Waals surface area contributed by atoms with Crippen molar-refractivity contribution in [1.82, 2.24) is 5.01 Å². The summed E-state index contributed by atoms with van der Waals surface area (Å²) in [5.41, 5.74) is 13.6. The highest BCUT2D eigenvalue weighted by atomic mass is 32.1. The van der Waals surface area contributed by atoms with Crippen molar-refractivity contribution in [1.29, 1.82) is 0 Å². The zero-order chi connectivity index (χ0) is 12.9. The molecule has 1 aromatic carbocycles. The average Bonchev–Trinajstić information content (AvgIpc) is 2.82. The second-order valence-corrected chi connectivity index (χ2v) is 5.06. The molecule has 0 radical (unpaired) electrons. The Bertz CT molecular complexity index is 597. The summed E-state index contributed by atoms with van der Waals surface area (Å²) < 4.78 is 0. The highest BCUT2D eigenvalue weighted by molar-refractivity contribution is 7.80. The summed E-state index contributed by atoms with van der Waals surface area (Å²) in [5, 5.41) is 5.53. The maximum Gasteiger partial charge on any atom is 0.335 e. The molecule has 92 valence electrons. The van der Waals surface area contributed by atoms with Gasteiger partial charge in [-0.1, -0.05) is 36.5 Å². The summed E-state index contributed by atoms with van der Waals surface area (Å²) in [7, 11) is 0. The Kier molecular flexibility index (Phi) is 2.18. The predicted octanol–water partition coefficient (Wildman–Crippen LogP) is 0.614. The van der Waals surface area contributed by atoms with Crippen LogP contribution in [0.15, 0.2) is 29.4 Å². The van der Waals surface area contributed by atoms with Gasteiger partial charge in [-0.2, -0.15) is 5.10 Å². The summed E-state index contributed by atoms with van der Waals surface area (Å²) in [5.74, 6) is 0. The maximum absolute atomic E-state index is 11.3. The molecule has 0 saturated carbocycles. The Balaban J connectivity index is 2.17. The second-order valence-electron chi connectivity index (χ2n) is 4.62. The number of hydrogen-bond donors (Lipinski definition) is 2. The number of nitrogens with zero attached hydrogens (tertiary/aromatic N) is 2. The fourth-order valence-electron chi connectivity index (χ4n) is 2.67. The van der Waals surface area contributed by atoms with Gasteiger partial charge in [-0.05, 0) is 12.0 Å². The lowest BCUT2D eigenvalue weighted by Gasteiger charge is -2.23. The third-order valence-corrected chi connectivity index (χ3v) is 3.98. The maximum atomic E-state index is 11.3. The molecule has 3 rings (SSSR count). The molecule has 1 aliphatic heterocycles. The van der Waals surface area contributed by atoms with Crippen LogP contribution >= 0.6 is 12.2 Å². The van der Waals surface area contributed by atoms with Crippen molar-refractivity contribution in [3.8, 4) is 0 Å². The Labute approximate surface area is 109 Å². The van der Waals surface area contributed by atoms with Crippen molar-refractivity contribution < 1.29 is 4.79 Å². The first-order valence-electron chi connectivity index (χ1n) is 5.59. The van der Waals surface area contributed by atoms with E-state index in [1.165, 1.54) is 5.01 Å². The molecular weight excluding hydrogens is 248 g/mol. The first-order chi connectivity index (χ1) is 8.54. The first-order valence-corrected chi connectivity index (χ1v) is 6.00. The van der Waals surface area contributed by atoms with Crippen LogP contribution in [0.25, 0.3) is 0 Å². The third-order valence-electron chi connectivity index (χ3n) is 3.58. The third kappa shape index (κ3) is 1.29. The monoisotopic (exact) mass is 260 g/mol. The number of amides is 2. The molecule has 0 fully saturated rings. The molecule has 1 atom stereocenters. The van der Waals surface area contributed by atoms with Gasteiger partial charge in [-0.15, -0.1) is 0 Å². The summed E-state index contributed by atoms with van der Waals surface area (Å²) in [6.07, 6.45) is 0.682. The van der Waals surface area contributed by atoms with Gasteiger partial charge in [-0.3, -0.25) is 0 Å². The fourth-order valence-corrected chi connectivity index (χ4v) is 2.91. The van der Waals surface area contributed by atoms with Crippen molar-refractivity contribution in [2.45, 2.75) is 6.42 Å². The second kappa shape index (κ2) is 3.52. The number of rotatable bonds is 1. The van der Waals surface area contributed by atoms with Crippen molar-refractivity contribution >= 4 is 28.9 Å². The number of carbonyl (C=O) groups excluding carboxylic acids is 1. The topological polar surface area (TPSA) is 84.7 Å². The lowest BCUT2D eigenvalue weighted by molar-refractivity contribution is 0.208. The zero-order valence-corrected chi connectivity index (χ0v) is 10.4. The number of thiocarbonyl (C=S) groups is 1. The van der Waals surface area contributed by atoms with Crippen LogP contribution in [-0.4, -0.2) is 28.3 Å². The Hall–Kier alpha value is -1.95. The van der Waals surface area contributed by atoms with Crippen LogP contribution in [0.5, 0.6) is 0 Å². The summed E-state index contributed by atoms with van der Waals surface area (Å²) >= 11 is 5.19. The van der Waals surface area contributed by atoms with Gasteiger partial charge < -0.3 is 11.5 Å². The number of hydrogen-bond acceptors (Lipinski definition) is 3. The minimum absolute atomic E-state index is 0.335. The van der Waals surface area contributed by atoms with Gasteiger partial charge in [0.2, 0.25) is 0 Å². The van der Waals surface area contributed by atoms with Crippen LogP contribution in [0.4, 0.5) is 4.79 Å². The van der Waals surface area contributed by atoms with Crippen molar-refractivity contribution in [3.63, 3.8) is 0 Å². The van der Waals surface area contributed by atoms with Crippen molar-refractivity contribution in [2.75, 3.05) is 6.54 Å². The molecular formula is C12H12N4OS. The van der Waals surface area contributed by atoms with Crippen LogP contribution in [0.2, 0.25) is 0 Å². The van der Waals surface area contributed by atoms with E-state index in [0.717, 1.165) is 16.8 Å². The minimum atomic E-state index is -0.579. The van der Waals surface area contributed by atoms with Crippen LogP contribution < -0.4 is 11.5 Å². The number of fused-ring (bicyclic) bond motifs is 3. The van der Waals surface area contributed by atoms with Crippen LogP contribution in [0.1, 0.15) is 11.1 Å². The SMILES string of the molecule is NC(=O)N1CC2(C(N)=S)Cc3ccccc3C2=N1. The quantitative estimate of drug-likeness (QED) is 0.726. The lowest BCUT2D eigenvalue weighted by atomic mass is 9.84. The fraction of sp³-hybridized carbons (Fsp3) is 0.250. The zero-order valence-electron chi connectivity index (χ0n) is 9.59. The molecule has 5 nitrogen and oxygen atoms in total. The van der Waals surface area contributed by atoms with E-state index in [9.17, 15) is 4.79 Å². The standard InChI is InChI=1S/C12H12N4OS/c13-10(18)12-5-7-3-1-2-4-8(7)9(12)15-16(6-12)11(14)17/h1-4H,5-6H2,(H2,13,18)(H2,14,17). The van der Waals surface area contributed by atoms with Gasteiger partial charge in [0.15, 0.2) is 0 Å². The van der Waals surface area contributed by atoms with E-state index >= 15 is 0 Å². The predicted molar refractivity (Wildman–Crippen MR) is 72.2 cm³/mol. The number of benzene rings is 1. The van der Waals surface area contributed by atoms with E-state index in [-0.39, 0.29) is 0 Å². The highest BCUT2D eigenvalue weighted by Gasteiger charge is 2.51. The van der Waals surface area contributed by atoms with Crippen molar-refractivity contribution in [2.24, 2.45) is 22.0 Å². The van der Waals surface area contributed by atoms with E-state index < -0.39 is 11.4 Å². The van der Waals surface area contributed by atoms with E-state index in [0.29, 0.717) is 18.0 Å². The van der Waals surface area contributed by atoms with Crippen LogP contribution in [0.3, 0.4) is 0 Å². The molecule has 0 aromatic heterocycles. The Morgan fingerprint density at radius 1 is 1.39 bits per heavy atom. The molecule has 0 saturated heterocycles. The number of primary amides is 1. The molecule has 2 amide bonds. The first kappa shape index (κ1) is 11.2. The number of carbonyl (C=O) groups is 1. The Morgan fingerprint density at radius 2 is 2.11 bits per heavy atom. The molecule has 18 heavy (non-hydrogen) atoms. The van der Waals surface area contributed by atoms with Gasteiger partial charge in [0.1, 0.15) is 0 Å². The lowest BCUT2D eigenvalue weighted by Crippen LogP contribution is -2.45. The van der Waals surface area contributed by atoms with Gasteiger partial charge in [0, 0.05) is 5.56 Å². The molecule has 1 aromatic rings. The minimum Gasteiger partial charge on any atom is -0.392 e. The van der Waals surface area contributed by atoms with E-state index in [4.69, 9.17) is 23.7 Å². The average molecular weight is 260 g/mol. The molecule has 1 heterocycles. The Morgan fingerprint density at radius 3 is 2.78 bits per heavy atom.